The third kappa shape index (κ3) is 6.09. The van der Waals surface area contributed by atoms with Crippen molar-refractivity contribution in [1.82, 2.24) is 9.97 Å². The first-order valence-electron chi connectivity index (χ1n) is 20.3. The Morgan fingerprint density at radius 1 is 0.356 bits per heavy atom. The van der Waals surface area contributed by atoms with E-state index in [1.807, 2.05) is 11.3 Å². The van der Waals surface area contributed by atoms with Gasteiger partial charge in [-0.2, -0.15) is 0 Å². The third-order valence-electron chi connectivity index (χ3n) is 11.9. The van der Waals surface area contributed by atoms with Crippen molar-refractivity contribution in [2.75, 3.05) is 0 Å². The van der Waals surface area contributed by atoms with Gasteiger partial charge in [0.25, 0.3) is 0 Å². The Balaban J connectivity index is 1.13. The van der Waals surface area contributed by atoms with Gasteiger partial charge in [-0.3, -0.25) is 0 Å². The maximum absolute atomic E-state index is 5.45. The molecule has 0 atom stereocenters. The highest BCUT2D eigenvalue weighted by atomic mass is 32.1. The molecule has 11 aromatic rings. The highest BCUT2D eigenvalue weighted by molar-refractivity contribution is 7.26. The molecule has 0 saturated heterocycles. The Hall–Kier alpha value is -6.94. The maximum Gasteiger partial charge on any atom is 0.160 e. The molecule has 0 aliphatic rings. The zero-order valence-electron chi connectivity index (χ0n) is 33.2. The lowest BCUT2D eigenvalue weighted by molar-refractivity contribution is 0.591. The molecule has 0 amide bonds. The summed E-state index contributed by atoms with van der Waals surface area (Å²) in [5, 5.41) is 10.0. The average molecular weight is 773 g/mol. The number of fused-ring (bicyclic) bond motifs is 9. The van der Waals surface area contributed by atoms with E-state index in [4.69, 9.17) is 9.97 Å². The fraction of sp³-hybridized carbons (Fsp3) is 0.0714. The van der Waals surface area contributed by atoms with Crippen LogP contribution in [0.15, 0.2) is 188 Å². The van der Waals surface area contributed by atoms with Gasteiger partial charge in [0.1, 0.15) is 0 Å². The molecule has 0 unspecified atom stereocenters. The first-order valence-corrected chi connectivity index (χ1v) is 21.1. The van der Waals surface area contributed by atoms with Gasteiger partial charge in [-0.25, -0.2) is 9.97 Å². The molecule has 9 aromatic carbocycles. The van der Waals surface area contributed by atoms with Gasteiger partial charge in [-0.15, -0.1) is 11.3 Å². The minimum atomic E-state index is 0.0541. The van der Waals surface area contributed by atoms with E-state index in [1.165, 1.54) is 69.2 Å². The van der Waals surface area contributed by atoms with Crippen LogP contribution < -0.4 is 0 Å². The highest BCUT2D eigenvalue weighted by Gasteiger charge is 2.20. The average Bonchev–Trinajstić information content (AvgIpc) is 3.68. The van der Waals surface area contributed by atoms with Crippen LogP contribution in [0, 0.1) is 0 Å². The lowest BCUT2D eigenvalue weighted by Gasteiger charge is -2.21. The molecule has 0 aliphatic heterocycles. The van der Waals surface area contributed by atoms with Gasteiger partial charge in [0.2, 0.25) is 0 Å². The van der Waals surface area contributed by atoms with Gasteiger partial charge in [-0.1, -0.05) is 185 Å². The first-order chi connectivity index (χ1) is 28.9. The standard InChI is InChI=1S/C56H40N2S/c1-56(2,3)39-29-31-44-43-30-28-38(32-49(43)41-17-8-9-18-42(41)50(44)33-39)55-57-51(34-52(58-55)48-22-13-21-47-46-20-11-12-23-53(46)59-54(47)48)45-19-10-7-16-40(45)37-26-24-36(25-27-37)35-14-5-4-6-15-35/h4-34H,1-3H3. The van der Waals surface area contributed by atoms with Crippen LogP contribution in [0.2, 0.25) is 0 Å². The molecule has 0 N–H and O–H groups in total. The molecule has 0 spiro atoms. The minimum absolute atomic E-state index is 0.0541. The summed E-state index contributed by atoms with van der Waals surface area (Å²) in [4.78, 5) is 10.9. The number of hydrogen-bond acceptors (Lipinski definition) is 3. The van der Waals surface area contributed by atoms with Crippen LogP contribution in [0.4, 0.5) is 0 Å². The number of aromatic nitrogens is 2. The monoisotopic (exact) mass is 772 g/mol. The van der Waals surface area contributed by atoms with Crippen LogP contribution in [-0.2, 0) is 5.41 Å². The molecular formula is C56H40N2S. The SMILES string of the molecule is CC(C)(C)c1ccc2c3ccc(-c4nc(-c5ccccc5-c5ccc(-c6ccccc6)cc5)cc(-c5cccc6c5sc5ccccc56)n4)cc3c3ccccc3c2c1. The zero-order valence-corrected chi connectivity index (χ0v) is 34.0. The predicted octanol–water partition coefficient (Wildman–Crippen LogP) is 15.9. The van der Waals surface area contributed by atoms with E-state index in [0.717, 1.165) is 39.2 Å². The van der Waals surface area contributed by atoms with Gasteiger partial charge >= 0.3 is 0 Å². The predicted molar refractivity (Wildman–Crippen MR) is 253 cm³/mol. The molecule has 0 saturated carbocycles. The van der Waals surface area contributed by atoms with Crippen molar-refractivity contribution in [1.29, 1.82) is 0 Å². The first kappa shape index (κ1) is 35.2. The Morgan fingerprint density at radius 2 is 0.881 bits per heavy atom. The second-order valence-electron chi connectivity index (χ2n) is 16.5. The van der Waals surface area contributed by atoms with E-state index in [2.05, 4.69) is 209 Å². The van der Waals surface area contributed by atoms with Crippen molar-refractivity contribution >= 4 is 63.8 Å². The number of hydrogen-bond donors (Lipinski definition) is 0. The van der Waals surface area contributed by atoms with Crippen LogP contribution in [0.3, 0.4) is 0 Å². The van der Waals surface area contributed by atoms with Crippen LogP contribution in [0.1, 0.15) is 26.3 Å². The van der Waals surface area contributed by atoms with Crippen molar-refractivity contribution < 1.29 is 0 Å². The van der Waals surface area contributed by atoms with Crippen LogP contribution in [0.5, 0.6) is 0 Å². The van der Waals surface area contributed by atoms with Crippen molar-refractivity contribution in [2.24, 2.45) is 0 Å². The van der Waals surface area contributed by atoms with Gasteiger partial charge in [0, 0.05) is 36.9 Å². The summed E-state index contributed by atoms with van der Waals surface area (Å²) in [6.07, 6.45) is 0. The Bertz CT molecular complexity index is 3390. The van der Waals surface area contributed by atoms with E-state index >= 15 is 0 Å². The smallest absolute Gasteiger partial charge is 0.160 e. The van der Waals surface area contributed by atoms with Gasteiger partial charge < -0.3 is 0 Å². The fourth-order valence-corrected chi connectivity index (χ4v) is 10.0. The number of benzene rings is 9. The summed E-state index contributed by atoms with van der Waals surface area (Å²) in [7, 11) is 0. The van der Waals surface area contributed by atoms with E-state index in [-0.39, 0.29) is 5.41 Å². The molecule has 0 bridgehead atoms. The Kier molecular flexibility index (Phi) is 8.28. The van der Waals surface area contributed by atoms with Crippen LogP contribution in [-0.4, -0.2) is 9.97 Å². The Labute approximate surface area is 348 Å². The summed E-state index contributed by atoms with van der Waals surface area (Å²) >= 11 is 1.83. The van der Waals surface area contributed by atoms with E-state index < -0.39 is 0 Å². The van der Waals surface area contributed by atoms with Crippen molar-refractivity contribution in [3.05, 3.63) is 194 Å². The van der Waals surface area contributed by atoms with Crippen molar-refractivity contribution in [3.63, 3.8) is 0 Å². The maximum atomic E-state index is 5.45. The third-order valence-corrected chi connectivity index (χ3v) is 13.1. The Morgan fingerprint density at radius 3 is 1.63 bits per heavy atom. The number of nitrogens with zero attached hydrogens (tertiary/aromatic N) is 2. The van der Waals surface area contributed by atoms with E-state index in [9.17, 15) is 0 Å². The quantitative estimate of drug-likeness (QED) is 0.163. The molecule has 2 heterocycles. The lowest BCUT2D eigenvalue weighted by Crippen LogP contribution is -2.10. The fourth-order valence-electron chi connectivity index (χ4n) is 8.79. The summed E-state index contributed by atoms with van der Waals surface area (Å²) < 4.78 is 2.51. The number of thiophene rings is 1. The van der Waals surface area contributed by atoms with Crippen LogP contribution >= 0.6 is 11.3 Å². The van der Waals surface area contributed by atoms with E-state index in [1.54, 1.807) is 0 Å². The largest absolute Gasteiger partial charge is 0.228 e. The second kappa shape index (κ2) is 13.9. The summed E-state index contributed by atoms with van der Waals surface area (Å²) in [5.41, 5.74) is 11.1. The topological polar surface area (TPSA) is 25.8 Å². The summed E-state index contributed by atoms with van der Waals surface area (Å²) in [6, 6.07) is 68.2. The number of rotatable bonds is 5. The van der Waals surface area contributed by atoms with Crippen LogP contribution in [0.25, 0.3) is 109 Å². The van der Waals surface area contributed by atoms with Crippen molar-refractivity contribution in [3.8, 4) is 56.2 Å². The van der Waals surface area contributed by atoms with E-state index in [0.29, 0.717) is 5.82 Å². The van der Waals surface area contributed by atoms with Crippen molar-refractivity contribution in [2.45, 2.75) is 26.2 Å². The molecule has 59 heavy (non-hydrogen) atoms. The summed E-state index contributed by atoms with van der Waals surface area (Å²) in [5.74, 6) is 0.707. The molecule has 2 aromatic heterocycles. The minimum Gasteiger partial charge on any atom is -0.228 e. The molecule has 0 radical (unpaired) electrons. The molecule has 0 aliphatic carbocycles. The summed E-state index contributed by atoms with van der Waals surface area (Å²) in [6.45, 7) is 6.86. The molecular weight excluding hydrogens is 733 g/mol. The zero-order chi connectivity index (χ0) is 39.7. The molecule has 11 rings (SSSR count). The van der Waals surface area contributed by atoms with Gasteiger partial charge in [-0.05, 0) is 89.8 Å². The van der Waals surface area contributed by atoms with Gasteiger partial charge in [0.15, 0.2) is 5.82 Å². The highest BCUT2D eigenvalue weighted by Crippen LogP contribution is 2.43. The molecule has 280 valence electrons. The normalized spacial score (nSPS) is 12.0. The van der Waals surface area contributed by atoms with Gasteiger partial charge in [0.05, 0.1) is 11.4 Å². The molecule has 0 fully saturated rings. The molecule has 3 heteroatoms. The lowest BCUT2D eigenvalue weighted by atomic mass is 9.84. The molecule has 2 nitrogen and oxygen atoms in total. The second-order valence-corrected chi connectivity index (χ2v) is 17.6.